The van der Waals surface area contributed by atoms with Gasteiger partial charge in [-0.2, -0.15) is 4.31 Å². The van der Waals surface area contributed by atoms with Gasteiger partial charge in [0.05, 0.1) is 17.6 Å². The zero-order valence-corrected chi connectivity index (χ0v) is 13.9. The molecule has 0 saturated carbocycles. The largest absolute Gasteiger partial charge is 0.394 e. The standard InChI is InChI=1S/C13H19BrN2O4S/c14-12-3-1-2-4-13(12)21(19,20)16-7-5-15(6-8-16)9-11(18)10-17/h1-4,11,17-18H,5-10H2/t11-/m1/s1. The van der Waals surface area contributed by atoms with E-state index in [0.717, 1.165) is 0 Å². The van der Waals surface area contributed by atoms with E-state index < -0.39 is 16.1 Å². The Labute approximate surface area is 133 Å². The van der Waals surface area contributed by atoms with Crippen molar-refractivity contribution in [2.75, 3.05) is 39.3 Å². The van der Waals surface area contributed by atoms with Crippen molar-refractivity contribution in [2.45, 2.75) is 11.0 Å². The Morgan fingerprint density at radius 3 is 2.38 bits per heavy atom. The highest BCUT2D eigenvalue weighted by Crippen LogP contribution is 2.25. The van der Waals surface area contributed by atoms with Crippen LogP contribution in [0.2, 0.25) is 0 Å². The quantitative estimate of drug-likeness (QED) is 0.759. The molecule has 1 atom stereocenters. The number of aliphatic hydroxyl groups is 2. The highest BCUT2D eigenvalue weighted by molar-refractivity contribution is 9.10. The highest BCUT2D eigenvalue weighted by Gasteiger charge is 2.30. The van der Waals surface area contributed by atoms with E-state index in [4.69, 9.17) is 5.11 Å². The van der Waals surface area contributed by atoms with E-state index in [1.165, 1.54) is 4.31 Å². The molecule has 0 spiro atoms. The van der Waals surface area contributed by atoms with Crippen molar-refractivity contribution in [1.82, 2.24) is 9.21 Å². The monoisotopic (exact) mass is 378 g/mol. The lowest BCUT2D eigenvalue weighted by Crippen LogP contribution is -2.50. The molecule has 8 heteroatoms. The first-order valence-corrected chi connectivity index (χ1v) is 8.94. The summed E-state index contributed by atoms with van der Waals surface area (Å²) in [6.07, 6.45) is -0.781. The fraction of sp³-hybridized carbons (Fsp3) is 0.538. The molecule has 1 fully saturated rings. The van der Waals surface area contributed by atoms with Crippen molar-refractivity contribution in [3.05, 3.63) is 28.7 Å². The molecule has 2 rings (SSSR count). The van der Waals surface area contributed by atoms with Gasteiger partial charge in [-0.05, 0) is 28.1 Å². The molecule has 1 aliphatic heterocycles. The number of halogens is 1. The minimum absolute atomic E-state index is 0.272. The Balaban J connectivity index is 2.03. The van der Waals surface area contributed by atoms with E-state index in [0.29, 0.717) is 37.2 Å². The first-order valence-electron chi connectivity index (χ1n) is 6.71. The minimum atomic E-state index is -3.50. The molecule has 21 heavy (non-hydrogen) atoms. The summed E-state index contributed by atoms with van der Waals surface area (Å²) in [6.45, 7) is 1.92. The highest BCUT2D eigenvalue weighted by atomic mass is 79.9. The number of nitrogens with zero attached hydrogens (tertiary/aromatic N) is 2. The van der Waals surface area contributed by atoms with Crippen molar-refractivity contribution < 1.29 is 18.6 Å². The predicted molar refractivity (Wildman–Crippen MR) is 82.4 cm³/mol. The molecule has 1 aromatic carbocycles. The van der Waals surface area contributed by atoms with Crippen LogP contribution in [0.1, 0.15) is 0 Å². The number of sulfonamides is 1. The summed E-state index contributed by atoms with van der Waals surface area (Å²) in [7, 11) is -3.50. The number of benzene rings is 1. The second kappa shape index (κ2) is 7.17. The predicted octanol–water partition coefficient (Wildman–Crippen LogP) is 0.109. The summed E-state index contributed by atoms with van der Waals surface area (Å²) in [5.74, 6) is 0. The van der Waals surface area contributed by atoms with E-state index in [2.05, 4.69) is 15.9 Å². The second-order valence-electron chi connectivity index (χ2n) is 4.97. The maximum absolute atomic E-state index is 12.6. The van der Waals surface area contributed by atoms with Gasteiger partial charge < -0.3 is 10.2 Å². The third-order valence-electron chi connectivity index (χ3n) is 3.47. The summed E-state index contributed by atoms with van der Waals surface area (Å²) in [5.41, 5.74) is 0. The van der Waals surface area contributed by atoms with Crippen LogP contribution in [-0.2, 0) is 10.0 Å². The number of rotatable bonds is 5. The first-order chi connectivity index (χ1) is 9.95. The second-order valence-corrected chi connectivity index (χ2v) is 7.73. The van der Waals surface area contributed by atoms with Crippen molar-refractivity contribution >= 4 is 26.0 Å². The molecule has 2 N–H and O–H groups in total. The Morgan fingerprint density at radius 1 is 1.19 bits per heavy atom. The van der Waals surface area contributed by atoms with Crippen molar-refractivity contribution in [2.24, 2.45) is 0 Å². The van der Waals surface area contributed by atoms with Crippen LogP contribution < -0.4 is 0 Å². The van der Waals surface area contributed by atoms with Crippen LogP contribution in [0, 0.1) is 0 Å². The summed E-state index contributed by atoms with van der Waals surface area (Å²) < 4.78 is 27.2. The zero-order valence-electron chi connectivity index (χ0n) is 11.5. The number of β-amino-alcohol motifs (C(OH)–C–C–N with tert-alkyl or cyclic N) is 1. The van der Waals surface area contributed by atoms with Gasteiger partial charge in [0.15, 0.2) is 0 Å². The van der Waals surface area contributed by atoms with Crippen LogP contribution in [0.15, 0.2) is 33.6 Å². The molecule has 118 valence electrons. The van der Waals surface area contributed by atoms with Crippen LogP contribution in [0.5, 0.6) is 0 Å². The lowest BCUT2D eigenvalue weighted by atomic mass is 10.3. The van der Waals surface area contributed by atoms with Crippen LogP contribution in [0.25, 0.3) is 0 Å². The Hall–Kier alpha value is -0.510. The van der Waals surface area contributed by atoms with Crippen LogP contribution in [0.4, 0.5) is 0 Å². The molecule has 1 aliphatic rings. The fourth-order valence-electron chi connectivity index (χ4n) is 2.30. The molecular formula is C13H19BrN2O4S. The van der Waals surface area contributed by atoms with E-state index >= 15 is 0 Å². The van der Waals surface area contributed by atoms with Crippen LogP contribution in [-0.4, -0.2) is 73.3 Å². The molecule has 6 nitrogen and oxygen atoms in total. The number of hydrogen-bond donors (Lipinski definition) is 2. The van der Waals surface area contributed by atoms with Crippen molar-refractivity contribution in [1.29, 1.82) is 0 Å². The van der Waals surface area contributed by atoms with Crippen molar-refractivity contribution in [3.8, 4) is 0 Å². The topological polar surface area (TPSA) is 81.1 Å². The Morgan fingerprint density at radius 2 is 1.81 bits per heavy atom. The first kappa shape index (κ1) is 16.9. The Bertz CT molecular complexity index is 573. The van der Waals surface area contributed by atoms with Crippen LogP contribution >= 0.6 is 15.9 Å². The molecule has 0 unspecified atom stereocenters. The third-order valence-corrected chi connectivity index (χ3v) is 6.38. The zero-order chi connectivity index (χ0) is 15.5. The van der Waals surface area contributed by atoms with Gasteiger partial charge in [0.25, 0.3) is 0 Å². The lowest BCUT2D eigenvalue weighted by Gasteiger charge is -2.34. The van der Waals surface area contributed by atoms with E-state index in [9.17, 15) is 13.5 Å². The average molecular weight is 379 g/mol. The van der Waals surface area contributed by atoms with Gasteiger partial charge in [-0.3, -0.25) is 4.90 Å². The maximum Gasteiger partial charge on any atom is 0.244 e. The lowest BCUT2D eigenvalue weighted by molar-refractivity contribution is 0.0491. The van der Waals surface area contributed by atoms with E-state index in [1.807, 2.05) is 4.90 Å². The van der Waals surface area contributed by atoms with Gasteiger partial charge in [0.1, 0.15) is 0 Å². The molecule has 0 bridgehead atoms. The summed E-state index contributed by atoms with van der Waals surface area (Å²) in [6, 6.07) is 6.77. The van der Waals surface area contributed by atoms with Gasteiger partial charge in [-0.15, -0.1) is 0 Å². The molecule has 0 aromatic heterocycles. The van der Waals surface area contributed by atoms with Gasteiger partial charge in [0.2, 0.25) is 10.0 Å². The van der Waals surface area contributed by atoms with Gasteiger partial charge >= 0.3 is 0 Å². The number of piperazine rings is 1. The molecule has 0 radical (unpaired) electrons. The normalized spacial score (nSPS) is 19.6. The molecule has 0 amide bonds. The molecule has 0 aliphatic carbocycles. The molecule has 1 heterocycles. The molecule has 1 aromatic rings. The SMILES string of the molecule is O=S(=O)(c1ccccc1Br)N1CCN(C[C@@H](O)CO)CC1. The third kappa shape index (κ3) is 4.02. The van der Waals surface area contributed by atoms with Crippen molar-refractivity contribution in [3.63, 3.8) is 0 Å². The molecular weight excluding hydrogens is 360 g/mol. The van der Waals surface area contributed by atoms with E-state index in [-0.39, 0.29) is 11.5 Å². The van der Waals surface area contributed by atoms with E-state index in [1.54, 1.807) is 24.3 Å². The summed E-state index contributed by atoms with van der Waals surface area (Å²) >= 11 is 3.28. The van der Waals surface area contributed by atoms with Gasteiger partial charge in [-0.1, -0.05) is 12.1 Å². The maximum atomic E-state index is 12.6. The van der Waals surface area contributed by atoms with Gasteiger partial charge in [-0.25, -0.2) is 8.42 Å². The Kier molecular flexibility index (Phi) is 5.75. The summed E-state index contributed by atoms with van der Waals surface area (Å²) in [4.78, 5) is 2.22. The summed E-state index contributed by atoms with van der Waals surface area (Å²) in [5, 5.41) is 18.3. The molecule has 1 saturated heterocycles. The van der Waals surface area contributed by atoms with Crippen LogP contribution in [0.3, 0.4) is 0 Å². The number of aliphatic hydroxyl groups excluding tert-OH is 2. The average Bonchev–Trinajstić information content (AvgIpc) is 2.48. The number of hydrogen-bond acceptors (Lipinski definition) is 5. The smallest absolute Gasteiger partial charge is 0.244 e. The minimum Gasteiger partial charge on any atom is -0.394 e. The van der Waals surface area contributed by atoms with Gasteiger partial charge in [0, 0.05) is 37.2 Å². The fourth-order valence-corrected chi connectivity index (χ4v) is 4.69.